The molecule has 0 fully saturated rings. The Morgan fingerprint density at radius 3 is 1.78 bits per heavy atom. The SMILES string of the molecule is C=C(C)C(=O)CCCCN(Cc1cc(C(F)(F)F)ccc1B(O)O)Cc1c2ccccc2c(CN(CCCNC(=O)C(=C)C)Cc2cc(C(F)(F)F)ccc2B(O)O)c2ccc(-c3ccc(OC)c(C4=C5C=CC(=NCCN)C=C5[Si](C)(C)c5cc(N(C)C)ccc54)c3)cc12. The normalized spacial score (nSPS) is 14.1. The monoisotopic (exact) mass is 1320 g/mol. The highest BCUT2D eigenvalue weighted by molar-refractivity contribution is 6.98. The number of alkyl halides is 6. The topological polar surface area (TPSA) is 184 Å². The van der Waals surface area contributed by atoms with Crippen molar-refractivity contribution < 1.29 is 60.8 Å². The molecule has 0 spiro atoms. The zero-order valence-corrected chi connectivity index (χ0v) is 55.6. The molecule has 13 nitrogen and oxygen atoms in total. The number of fused-ring (bicyclic) bond motifs is 4. The number of benzene rings is 7. The Bertz CT molecular complexity index is 4240. The molecule has 7 aromatic rings. The smallest absolute Gasteiger partial charge is 0.488 e. The number of methoxy groups -OCH3 is 1. The van der Waals surface area contributed by atoms with Crippen LogP contribution in [0.1, 0.15) is 84.0 Å². The summed E-state index contributed by atoms with van der Waals surface area (Å²) in [5.41, 5.74) is 13.2. The van der Waals surface area contributed by atoms with Crippen LogP contribution in [0.5, 0.6) is 5.75 Å². The van der Waals surface area contributed by atoms with Crippen LogP contribution in [0.2, 0.25) is 13.1 Å². The zero-order chi connectivity index (χ0) is 68.8. The minimum atomic E-state index is -4.77. The van der Waals surface area contributed by atoms with E-state index in [4.69, 9.17) is 15.5 Å². The molecule has 95 heavy (non-hydrogen) atoms. The van der Waals surface area contributed by atoms with Gasteiger partial charge in [-0.15, -0.1) is 0 Å². The quantitative estimate of drug-likeness (QED) is 0.00947. The molecule has 1 aliphatic heterocycles. The predicted octanol–water partition coefficient (Wildman–Crippen LogP) is 10.7. The van der Waals surface area contributed by atoms with Crippen molar-refractivity contribution in [1.29, 1.82) is 0 Å². The van der Waals surface area contributed by atoms with Crippen LogP contribution in [0.15, 0.2) is 174 Å². The third-order valence-electron chi connectivity index (χ3n) is 17.9. The number of nitrogens with zero attached hydrogens (tertiary/aromatic N) is 4. The fourth-order valence-corrected chi connectivity index (χ4v) is 15.9. The van der Waals surface area contributed by atoms with Gasteiger partial charge in [0.2, 0.25) is 5.91 Å². The Morgan fingerprint density at radius 1 is 0.663 bits per heavy atom. The third kappa shape index (κ3) is 16.2. The summed E-state index contributed by atoms with van der Waals surface area (Å²) in [4.78, 5) is 36.3. The number of hydrogen-bond acceptors (Lipinski definition) is 12. The van der Waals surface area contributed by atoms with Crippen LogP contribution in [-0.2, 0) is 48.1 Å². The lowest BCUT2D eigenvalue weighted by Crippen LogP contribution is -2.49. The molecule has 0 aromatic heterocycles. The van der Waals surface area contributed by atoms with Crippen LogP contribution >= 0.6 is 0 Å². The lowest BCUT2D eigenvalue weighted by Gasteiger charge is -2.38. The third-order valence-corrected chi connectivity index (χ3v) is 21.4. The van der Waals surface area contributed by atoms with Gasteiger partial charge in [0.15, 0.2) is 5.78 Å². The number of amides is 1. The van der Waals surface area contributed by atoms with Gasteiger partial charge in [-0.25, -0.2) is 0 Å². The van der Waals surface area contributed by atoms with Crippen molar-refractivity contribution in [2.45, 2.75) is 91.2 Å². The van der Waals surface area contributed by atoms with Gasteiger partial charge in [-0.3, -0.25) is 24.4 Å². The largest absolute Gasteiger partial charge is 0.496 e. The molecular weight excluding hydrogens is 1240 g/mol. The second-order valence-electron chi connectivity index (χ2n) is 25.2. The molecule has 0 radical (unpaired) electrons. The van der Waals surface area contributed by atoms with Crippen LogP contribution in [0.4, 0.5) is 32.0 Å². The number of carbonyl (C=O) groups is 2. The first-order valence-corrected chi connectivity index (χ1v) is 34.6. The number of nitrogens with two attached hydrogens (primary N) is 1. The van der Waals surface area contributed by atoms with E-state index in [2.05, 4.69) is 79.0 Å². The van der Waals surface area contributed by atoms with Crippen molar-refractivity contribution in [3.05, 3.63) is 213 Å². The number of ketones is 1. The number of rotatable bonds is 27. The van der Waals surface area contributed by atoms with E-state index >= 15 is 0 Å². The molecule has 0 saturated heterocycles. The number of anilines is 1. The van der Waals surface area contributed by atoms with E-state index in [1.165, 1.54) is 10.4 Å². The number of aliphatic imine (C=N–C) groups is 1. The molecular formula is C73H80B2F6N6O7Si. The number of ether oxygens (including phenoxy) is 1. The molecule has 1 amide bonds. The van der Waals surface area contributed by atoms with Crippen molar-refractivity contribution in [1.82, 2.24) is 15.1 Å². The summed E-state index contributed by atoms with van der Waals surface area (Å²) in [7, 11) is -1.01. The van der Waals surface area contributed by atoms with Crippen LogP contribution in [0, 0.1) is 0 Å². The summed E-state index contributed by atoms with van der Waals surface area (Å²) in [6.07, 6.45) is -1.89. The van der Waals surface area contributed by atoms with E-state index in [1.54, 1.807) is 21.0 Å². The molecule has 9 rings (SSSR count). The molecule has 0 atom stereocenters. The van der Waals surface area contributed by atoms with Crippen molar-refractivity contribution in [3.63, 3.8) is 0 Å². The van der Waals surface area contributed by atoms with Gasteiger partial charge in [-0.2, -0.15) is 26.3 Å². The van der Waals surface area contributed by atoms with E-state index in [-0.39, 0.29) is 91.6 Å². The van der Waals surface area contributed by atoms with Gasteiger partial charge in [0.25, 0.3) is 0 Å². The molecule has 1 heterocycles. The molecule has 1 aliphatic carbocycles. The van der Waals surface area contributed by atoms with Crippen LogP contribution < -0.4 is 36.8 Å². The number of unbranched alkanes of at least 4 members (excludes halogenated alkanes) is 1. The van der Waals surface area contributed by atoms with E-state index in [9.17, 15) is 56.0 Å². The lowest BCUT2D eigenvalue weighted by molar-refractivity contribution is -0.138. The first kappa shape index (κ1) is 71.1. The number of carbonyl (C=O) groups excluding carboxylic acids is 2. The van der Waals surface area contributed by atoms with E-state index in [0.29, 0.717) is 54.4 Å². The Balaban J connectivity index is 1.29. The second-order valence-corrected chi connectivity index (χ2v) is 29.6. The fourth-order valence-electron chi connectivity index (χ4n) is 12.8. The summed E-state index contributed by atoms with van der Waals surface area (Å²) in [6.45, 7) is 16.7. The minimum Gasteiger partial charge on any atom is -0.496 e. The minimum absolute atomic E-state index is 0.0124. The van der Waals surface area contributed by atoms with Crippen molar-refractivity contribution >= 4 is 88.6 Å². The number of nitrogens with one attached hydrogen (secondary N) is 1. The van der Waals surface area contributed by atoms with Crippen molar-refractivity contribution in [2.24, 2.45) is 10.7 Å². The van der Waals surface area contributed by atoms with E-state index in [0.717, 1.165) is 103 Å². The van der Waals surface area contributed by atoms with Gasteiger partial charge in [0.1, 0.15) is 13.8 Å². The van der Waals surface area contributed by atoms with Crippen molar-refractivity contribution in [3.8, 4) is 16.9 Å². The highest BCUT2D eigenvalue weighted by atomic mass is 28.3. The van der Waals surface area contributed by atoms with Gasteiger partial charge in [0, 0.05) is 83.2 Å². The average Bonchev–Trinajstić information content (AvgIpc) is 0.724. The molecule has 0 unspecified atom stereocenters. The number of Topliss-reactive ketones (excluding diaryl/α,β-unsaturated/α-hetero) is 1. The summed E-state index contributed by atoms with van der Waals surface area (Å²) >= 11 is 0. The molecule has 22 heteroatoms. The molecule has 496 valence electrons. The van der Waals surface area contributed by atoms with Gasteiger partial charge in [0.05, 0.1) is 30.5 Å². The first-order chi connectivity index (χ1) is 45.0. The average molecular weight is 1320 g/mol. The Hall–Kier alpha value is -8.18. The van der Waals surface area contributed by atoms with Crippen LogP contribution in [0.3, 0.4) is 0 Å². The fraction of sp³-hybridized carbons (Fsp3) is 0.301. The first-order valence-electron chi connectivity index (χ1n) is 31.6. The summed E-state index contributed by atoms with van der Waals surface area (Å²) in [5, 5.41) is 50.7. The maximum atomic E-state index is 14.6. The highest BCUT2D eigenvalue weighted by Crippen LogP contribution is 2.46. The molecule has 7 aromatic carbocycles. The molecule has 0 saturated carbocycles. The summed E-state index contributed by atoms with van der Waals surface area (Å²) in [6, 6.07) is 31.8. The van der Waals surface area contributed by atoms with Crippen LogP contribution in [0.25, 0.3) is 38.2 Å². The highest BCUT2D eigenvalue weighted by Gasteiger charge is 2.41. The predicted molar refractivity (Wildman–Crippen MR) is 373 cm³/mol. The summed E-state index contributed by atoms with van der Waals surface area (Å²) in [5.74, 6) is 0.107. The Labute approximate surface area is 552 Å². The standard InChI is InChI=1S/C73H80B2F6N6O7Si/c1-45(2)66(88)17-12-13-33-86(41-49-35-51(72(76,77)78)20-27-64(49)74(90)91)44-63-56-16-11-10-15-55(56)62(43-87(34-14-31-84-71(89)46(3)4)42-50-36-52(73(79,80)81)21-28-65(50)75(92)93)57-24-18-47(37-60(57)63)48-19-29-67(94-7)61(38-48)70-58-25-22-53(83-32-30-82)39-68(58)95(8,9)69-40-54(85(5)6)23-26-59(69)70/h10-11,15-16,18-29,35-40,90-93H,1,3,12-14,17,30-34,41-44,82H2,2,4-9H3,(H,84,89). The lowest BCUT2D eigenvalue weighted by atomic mass is 9.76. The van der Waals surface area contributed by atoms with Gasteiger partial charge < -0.3 is 40.8 Å². The van der Waals surface area contributed by atoms with Gasteiger partial charge in [-0.1, -0.05) is 105 Å². The van der Waals surface area contributed by atoms with Crippen LogP contribution in [-0.4, -0.2) is 124 Å². The van der Waals surface area contributed by atoms with E-state index in [1.807, 2.05) is 78.5 Å². The van der Waals surface area contributed by atoms with Crippen molar-refractivity contribution in [2.75, 3.05) is 58.8 Å². The van der Waals surface area contributed by atoms with Gasteiger partial charge in [-0.05, 0) is 193 Å². The second kappa shape index (κ2) is 29.8. The zero-order valence-electron chi connectivity index (χ0n) is 54.6. The molecule has 0 bridgehead atoms. The summed E-state index contributed by atoms with van der Waals surface area (Å²) < 4.78 is 93.4. The Kier molecular flexibility index (Phi) is 22.3. The Morgan fingerprint density at radius 2 is 1.23 bits per heavy atom. The molecule has 7 N–H and O–H groups in total. The maximum absolute atomic E-state index is 14.6. The number of allylic oxidation sites excluding steroid dienone is 6. The molecule has 2 aliphatic rings. The maximum Gasteiger partial charge on any atom is 0.488 e. The van der Waals surface area contributed by atoms with Gasteiger partial charge >= 0.3 is 26.6 Å². The number of halogens is 6. The number of hydrogen-bond donors (Lipinski definition) is 6. The van der Waals surface area contributed by atoms with E-state index < -0.39 is 45.8 Å².